The number of hydrogen-bond donors (Lipinski definition) is 2. The molecule has 4 heteroatoms. The van der Waals surface area contributed by atoms with Crippen molar-refractivity contribution in [1.29, 1.82) is 0 Å². The van der Waals surface area contributed by atoms with Crippen molar-refractivity contribution >= 4 is 23.2 Å². The molecule has 2 N–H and O–H groups in total. The van der Waals surface area contributed by atoms with Crippen molar-refractivity contribution in [2.24, 2.45) is 11.8 Å². The van der Waals surface area contributed by atoms with Gasteiger partial charge in [0.1, 0.15) is 0 Å². The molecule has 0 atom stereocenters. The molecular weight excluding hydrogens is 336 g/mol. The Bertz CT molecular complexity index is 836. The maximum absolute atomic E-state index is 12.6. The molecule has 0 radical (unpaired) electrons. The largest absolute Gasteiger partial charge is 0.326 e. The Balaban J connectivity index is 1.52. The highest BCUT2D eigenvalue weighted by atomic mass is 16.2. The second kappa shape index (κ2) is 8.38. The molecule has 1 aliphatic carbocycles. The zero-order chi connectivity index (χ0) is 19.4. The van der Waals surface area contributed by atoms with Crippen molar-refractivity contribution in [3.05, 3.63) is 59.2 Å². The number of hydrogen-bond acceptors (Lipinski definition) is 2. The van der Waals surface area contributed by atoms with Crippen LogP contribution < -0.4 is 10.6 Å². The number of aryl methyl sites for hydroxylation is 3. The van der Waals surface area contributed by atoms with Crippen LogP contribution in [0.5, 0.6) is 0 Å². The van der Waals surface area contributed by atoms with E-state index in [1.165, 1.54) is 11.1 Å². The first-order chi connectivity index (χ1) is 12.9. The third-order valence-electron chi connectivity index (χ3n) is 5.65. The van der Waals surface area contributed by atoms with E-state index in [2.05, 4.69) is 17.6 Å². The van der Waals surface area contributed by atoms with Crippen LogP contribution in [0.2, 0.25) is 0 Å². The molecule has 0 unspecified atom stereocenters. The fourth-order valence-electron chi connectivity index (χ4n) is 3.63. The van der Waals surface area contributed by atoms with E-state index in [0.29, 0.717) is 0 Å². The van der Waals surface area contributed by atoms with Crippen molar-refractivity contribution in [3.63, 3.8) is 0 Å². The summed E-state index contributed by atoms with van der Waals surface area (Å²) >= 11 is 0. The first kappa shape index (κ1) is 19.2. The van der Waals surface area contributed by atoms with Gasteiger partial charge in [-0.15, -0.1) is 0 Å². The van der Waals surface area contributed by atoms with Crippen LogP contribution in [0.15, 0.2) is 42.5 Å². The Kier molecular flexibility index (Phi) is 5.94. The lowest BCUT2D eigenvalue weighted by Gasteiger charge is -2.27. The van der Waals surface area contributed by atoms with Gasteiger partial charge in [0.05, 0.1) is 0 Å². The number of rotatable bonds is 4. The van der Waals surface area contributed by atoms with Gasteiger partial charge in [-0.25, -0.2) is 0 Å². The first-order valence-electron chi connectivity index (χ1n) is 9.68. The minimum Gasteiger partial charge on any atom is -0.326 e. The van der Waals surface area contributed by atoms with Crippen LogP contribution in [0.4, 0.5) is 11.4 Å². The highest BCUT2D eigenvalue weighted by Crippen LogP contribution is 2.31. The molecule has 2 aromatic rings. The lowest BCUT2D eigenvalue weighted by molar-refractivity contribution is -0.125. The predicted octanol–water partition coefficient (Wildman–Crippen LogP) is 5.00. The van der Waals surface area contributed by atoms with Crippen LogP contribution in [-0.2, 0) is 9.59 Å². The molecule has 0 aromatic heterocycles. The second-order valence-corrected chi connectivity index (χ2v) is 7.64. The van der Waals surface area contributed by atoms with Gasteiger partial charge in [0.15, 0.2) is 0 Å². The Hall–Kier alpha value is -2.62. The average Bonchev–Trinajstić information content (AvgIpc) is 2.66. The lowest BCUT2D eigenvalue weighted by atomic mass is 9.81. The highest BCUT2D eigenvalue weighted by molar-refractivity contribution is 5.95. The molecule has 3 rings (SSSR count). The Morgan fingerprint density at radius 1 is 0.741 bits per heavy atom. The number of amides is 2. The van der Waals surface area contributed by atoms with Gasteiger partial charge in [-0.05, 0) is 81.3 Å². The van der Waals surface area contributed by atoms with Gasteiger partial charge < -0.3 is 10.6 Å². The van der Waals surface area contributed by atoms with E-state index in [-0.39, 0.29) is 23.7 Å². The molecule has 0 spiro atoms. The van der Waals surface area contributed by atoms with Gasteiger partial charge in [-0.2, -0.15) is 0 Å². The minimum absolute atomic E-state index is 0.0183. The van der Waals surface area contributed by atoms with E-state index >= 15 is 0 Å². The molecule has 0 heterocycles. The van der Waals surface area contributed by atoms with Crippen LogP contribution in [0.25, 0.3) is 0 Å². The number of benzene rings is 2. The number of para-hydroxylation sites is 1. The Morgan fingerprint density at radius 3 is 1.93 bits per heavy atom. The van der Waals surface area contributed by atoms with Crippen LogP contribution >= 0.6 is 0 Å². The molecule has 1 saturated carbocycles. The maximum Gasteiger partial charge on any atom is 0.227 e. The van der Waals surface area contributed by atoms with Crippen LogP contribution in [-0.4, -0.2) is 11.8 Å². The smallest absolute Gasteiger partial charge is 0.227 e. The second-order valence-electron chi connectivity index (χ2n) is 7.64. The summed E-state index contributed by atoms with van der Waals surface area (Å²) in [5.74, 6) is 0.0951. The van der Waals surface area contributed by atoms with Gasteiger partial charge in [-0.3, -0.25) is 9.59 Å². The number of nitrogens with one attached hydrogen (secondary N) is 2. The van der Waals surface area contributed by atoms with E-state index in [1.54, 1.807) is 0 Å². The topological polar surface area (TPSA) is 58.2 Å². The van der Waals surface area contributed by atoms with Crippen LogP contribution in [0.1, 0.15) is 42.4 Å². The highest BCUT2D eigenvalue weighted by Gasteiger charge is 2.30. The summed E-state index contributed by atoms with van der Waals surface area (Å²) in [5, 5.41) is 6.07. The molecule has 27 heavy (non-hydrogen) atoms. The van der Waals surface area contributed by atoms with E-state index in [1.807, 2.05) is 56.3 Å². The molecule has 4 nitrogen and oxygen atoms in total. The molecule has 1 aliphatic rings. The van der Waals surface area contributed by atoms with E-state index < -0.39 is 0 Å². The monoisotopic (exact) mass is 364 g/mol. The lowest BCUT2D eigenvalue weighted by Crippen LogP contribution is -2.32. The van der Waals surface area contributed by atoms with E-state index in [0.717, 1.165) is 42.6 Å². The summed E-state index contributed by atoms with van der Waals surface area (Å²) in [6, 6.07) is 13.8. The van der Waals surface area contributed by atoms with Crippen molar-refractivity contribution in [2.75, 3.05) is 10.6 Å². The third-order valence-corrected chi connectivity index (χ3v) is 5.65. The van der Waals surface area contributed by atoms with Crippen molar-refractivity contribution in [3.8, 4) is 0 Å². The van der Waals surface area contributed by atoms with Crippen molar-refractivity contribution in [1.82, 2.24) is 0 Å². The zero-order valence-corrected chi connectivity index (χ0v) is 16.3. The minimum atomic E-state index is -0.0193. The fourth-order valence-corrected chi connectivity index (χ4v) is 3.63. The van der Waals surface area contributed by atoms with Gasteiger partial charge >= 0.3 is 0 Å². The first-order valence-corrected chi connectivity index (χ1v) is 9.68. The summed E-state index contributed by atoms with van der Waals surface area (Å²) in [4.78, 5) is 25.1. The third kappa shape index (κ3) is 4.76. The maximum atomic E-state index is 12.6. The number of carbonyl (C=O) groups is 2. The SMILES string of the molecule is Cc1ccc(NC(=O)C2CCC(C(=O)Nc3ccccc3C)CC2)cc1C. The molecule has 142 valence electrons. The summed E-state index contributed by atoms with van der Waals surface area (Å²) in [6.07, 6.45) is 3.01. The summed E-state index contributed by atoms with van der Waals surface area (Å²) < 4.78 is 0. The van der Waals surface area contributed by atoms with E-state index in [9.17, 15) is 9.59 Å². The average molecular weight is 364 g/mol. The van der Waals surface area contributed by atoms with Gasteiger partial charge in [-0.1, -0.05) is 24.3 Å². The van der Waals surface area contributed by atoms with Crippen LogP contribution in [0.3, 0.4) is 0 Å². The zero-order valence-electron chi connectivity index (χ0n) is 16.3. The molecule has 0 saturated heterocycles. The molecule has 2 aromatic carbocycles. The van der Waals surface area contributed by atoms with Crippen molar-refractivity contribution in [2.45, 2.75) is 46.5 Å². The fraction of sp³-hybridized carbons (Fsp3) is 0.391. The Morgan fingerprint density at radius 2 is 1.33 bits per heavy atom. The van der Waals surface area contributed by atoms with Crippen LogP contribution in [0, 0.1) is 32.6 Å². The molecular formula is C23H28N2O2. The van der Waals surface area contributed by atoms with E-state index in [4.69, 9.17) is 0 Å². The number of carbonyl (C=O) groups excluding carboxylic acids is 2. The molecule has 1 fully saturated rings. The summed E-state index contributed by atoms with van der Waals surface area (Å²) in [5.41, 5.74) is 5.17. The Labute approximate surface area is 161 Å². The van der Waals surface area contributed by atoms with Gasteiger partial charge in [0, 0.05) is 23.2 Å². The standard InChI is InChI=1S/C23H28N2O2/c1-15-8-13-20(14-17(15)3)24-22(26)18-9-11-19(12-10-18)23(27)25-21-7-5-4-6-16(21)2/h4-8,13-14,18-19H,9-12H2,1-3H3,(H,24,26)(H,25,27). The van der Waals surface area contributed by atoms with Gasteiger partial charge in [0.2, 0.25) is 11.8 Å². The summed E-state index contributed by atoms with van der Waals surface area (Å²) in [7, 11) is 0. The number of anilines is 2. The predicted molar refractivity (Wildman–Crippen MR) is 110 cm³/mol. The van der Waals surface area contributed by atoms with Crippen molar-refractivity contribution < 1.29 is 9.59 Å². The molecule has 0 bridgehead atoms. The summed E-state index contributed by atoms with van der Waals surface area (Å²) in [6.45, 7) is 6.09. The molecule has 0 aliphatic heterocycles. The quantitative estimate of drug-likeness (QED) is 0.802. The normalized spacial score (nSPS) is 19.4. The van der Waals surface area contributed by atoms with Gasteiger partial charge in [0.25, 0.3) is 0 Å². The molecule has 2 amide bonds.